The molecule has 0 aromatic carbocycles. The molecule has 0 bridgehead atoms. The molecule has 7 nitrogen and oxygen atoms in total. The number of rotatable bonds is 6. The second-order valence-corrected chi connectivity index (χ2v) is 6.24. The highest BCUT2D eigenvalue weighted by Crippen LogP contribution is 2.07. The van der Waals surface area contributed by atoms with Gasteiger partial charge in [-0.2, -0.15) is 0 Å². The molecule has 4 N–H and O–H groups in total. The molecule has 4 unspecified atom stereocenters. The van der Waals surface area contributed by atoms with Crippen LogP contribution in [-0.2, 0) is 4.74 Å². The average Bonchev–Trinajstić information content (AvgIpc) is 2.37. The van der Waals surface area contributed by atoms with Crippen molar-refractivity contribution in [2.24, 2.45) is 0 Å². The Bertz CT molecular complexity index is 276. The first-order chi connectivity index (χ1) is 10.0. The summed E-state index contributed by atoms with van der Waals surface area (Å²) < 4.78 is 6.09. The second-order valence-electron chi connectivity index (χ2n) is 6.24. The largest absolute Gasteiger partial charge is 0.392 e. The minimum Gasteiger partial charge on any atom is -0.392 e. The van der Waals surface area contributed by atoms with Crippen LogP contribution in [0.25, 0.3) is 0 Å². The van der Waals surface area contributed by atoms with Gasteiger partial charge in [-0.15, -0.1) is 0 Å². The quantitative estimate of drug-likeness (QED) is 0.462. The second kappa shape index (κ2) is 8.38. The number of hydrogen-bond donors (Lipinski definition) is 4. The molecule has 0 amide bonds. The molecule has 2 aliphatic heterocycles. The van der Waals surface area contributed by atoms with Gasteiger partial charge in [0.15, 0.2) is 0 Å². The molecule has 2 aliphatic rings. The smallest absolute Gasteiger partial charge is 0.123 e. The zero-order valence-electron chi connectivity index (χ0n) is 13.2. The summed E-state index contributed by atoms with van der Waals surface area (Å²) >= 11 is 0. The number of nitrogens with zero attached hydrogens (tertiary/aromatic N) is 2. The zero-order chi connectivity index (χ0) is 15.2. The molecule has 0 aromatic heterocycles. The van der Waals surface area contributed by atoms with Gasteiger partial charge in [-0.25, -0.2) is 0 Å². The van der Waals surface area contributed by atoms with Crippen LogP contribution in [-0.4, -0.2) is 97.0 Å². The SMILES string of the molecule is CC(O)CN1CCNC(OC2CN(CC(C)O)CCN2)C1. The van der Waals surface area contributed by atoms with Crippen LogP contribution in [0.3, 0.4) is 0 Å². The van der Waals surface area contributed by atoms with Gasteiger partial charge in [-0.1, -0.05) is 0 Å². The predicted octanol–water partition coefficient (Wildman–Crippen LogP) is -1.77. The van der Waals surface area contributed by atoms with Crippen molar-refractivity contribution in [3.8, 4) is 0 Å². The van der Waals surface area contributed by atoms with Crippen molar-refractivity contribution in [2.45, 2.75) is 38.5 Å². The van der Waals surface area contributed by atoms with Crippen molar-refractivity contribution in [2.75, 3.05) is 52.4 Å². The fourth-order valence-electron chi connectivity index (χ4n) is 3.01. The van der Waals surface area contributed by atoms with Crippen LogP contribution in [0.15, 0.2) is 0 Å². The Kier molecular flexibility index (Phi) is 6.81. The van der Waals surface area contributed by atoms with Gasteiger partial charge in [0.1, 0.15) is 12.5 Å². The van der Waals surface area contributed by atoms with Crippen molar-refractivity contribution in [3.05, 3.63) is 0 Å². The molecule has 124 valence electrons. The molecular formula is C14H30N4O3. The van der Waals surface area contributed by atoms with Gasteiger partial charge in [0.2, 0.25) is 0 Å². The third kappa shape index (κ3) is 6.15. The van der Waals surface area contributed by atoms with Crippen LogP contribution in [0.4, 0.5) is 0 Å². The molecule has 2 saturated heterocycles. The molecule has 7 heteroatoms. The summed E-state index contributed by atoms with van der Waals surface area (Å²) in [5, 5.41) is 25.7. The summed E-state index contributed by atoms with van der Waals surface area (Å²) in [6.45, 7) is 10.2. The number of aliphatic hydroxyl groups excluding tert-OH is 2. The van der Waals surface area contributed by atoms with Gasteiger partial charge in [0.05, 0.1) is 12.2 Å². The number of ether oxygens (including phenoxy) is 1. The molecule has 0 saturated carbocycles. The van der Waals surface area contributed by atoms with E-state index in [0.717, 1.165) is 39.3 Å². The van der Waals surface area contributed by atoms with Crippen molar-refractivity contribution >= 4 is 0 Å². The van der Waals surface area contributed by atoms with Crippen molar-refractivity contribution in [3.63, 3.8) is 0 Å². The highest BCUT2D eigenvalue weighted by Gasteiger charge is 2.26. The zero-order valence-corrected chi connectivity index (χ0v) is 13.2. The Morgan fingerprint density at radius 1 is 0.952 bits per heavy atom. The van der Waals surface area contributed by atoms with Crippen LogP contribution >= 0.6 is 0 Å². The number of nitrogens with one attached hydrogen (secondary N) is 2. The lowest BCUT2D eigenvalue weighted by Gasteiger charge is -2.39. The predicted molar refractivity (Wildman–Crippen MR) is 80.9 cm³/mol. The van der Waals surface area contributed by atoms with Gasteiger partial charge in [-0.05, 0) is 13.8 Å². The maximum atomic E-state index is 9.49. The Labute approximate surface area is 127 Å². The van der Waals surface area contributed by atoms with E-state index in [1.165, 1.54) is 0 Å². The molecule has 2 heterocycles. The van der Waals surface area contributed by atoms with Crippen molar-refractivity contribution in [1.82, 2.24) is 20.4 Å². The average molecular weight is 302 g/mol. The van der Waals surface area contributed by atoms with Crippen LogP contribution in [0.2, 0.25) is 0 Å². The van der Waals surface area contributed by atoms with E-state index in [-0.39, 0.29) is 24.7 Å². The molecular weight excluding hydrogens is 272 g/mol. The van der Waals surface area contributed by atoms with Crippen LogP contribution in [0, 0.1) is 0 Å². The Balaban J connectivity index is 1.75. The van der Waals surface area contributed by atoms with Crippen LogP contribution < -0.4 is 10.6 Å². The first kappa shape index (κ1) is 17.1. The summed E-state index contributed by atoms with van der Waals surface area (Å²) in [4.78, 5) is 4.45. The van der Waals surface area contributed by atoms with Crippen molar-refractivity contribution in [1.29, 1.82) is 0 Å². The first-order valence-corrected chi connectivity index (χ1v) is 7.96. The molecule has 0 aromatic rings. The van der Waals surface area contributed by atoms with Gasteiger partial charge in [-0.3, -0.25) is 20.4 Å². The van der Waals surface area contributed by atoms with E-state index in [1.807, 2.05) is 13.8 Å². The normalized spacial score (nSPS) is 32.0. The minimum atomic E-state index is -0.307. The maximum absolute atomic E-state index is 9.49. The van der Waals surface area contributed by atoms with E-state index in [1.54, 1.807) is 0 Å². The third-order valence-corrected chi connectivity index (χ3v) is 3.82. The highest BCUT2D eigenvalue weighted by molar-refractivity contribution is 4.78. The summed E-state index contributed by atoms with van der Waals surface area (Å²) in [7, 11) is 0. The lowest BCUT2D eigenvalue weighted by molar-refractivity contribution is -0.0978. The maximum Gasteiger partial charge on any atom is 0.123 e. The molecule has 2 fully saturated rings. The van der Waals surface area contributed by atoms with E-state index in [4.69, 9.17) is 4.74 Å². The molecule has 0 radical (unpaired) electrons. The van der Waals surface area contributed by atoms with E-state index in [9.17, 15) is 10.2 Å². The molecule has 4 atom stereocenters. The molecule has 0 spiro atoms. The first-order valence-electron chi connectivity index (χ1n) is 7.96. The standard InChI is InChI=1S/C14H30N4O3/c1-11(19)7-17-5-3-15-13(9-17)21-14-10-18(6-4-16-14)8-12(2)20/h11-16,19-20H,3-10H2,1-2H3. The highest BCUT2D eigenvalue weighted by atomic mass is 16.5. The fourth-order valence-corrected chi connectivity index (χ4v) is 3.01. The van der Waals surface area contributed by atoms with Gasteiger partial charge in [0, 0.05) is 52.4 Å². The molecule has 0 aliphatic carbocycles. The van der Waals surface area contributed by atoms with E-state index < -0.39 is 0 Å². The lowest BCUT2D eigenvalue weighted by Crippen LogP contribution is -2.59. The number of aliphatic hydroxyl groups is 2. The van der Waals surface area contributed by atoms with Gasteiger partial charge in [0.25, 0.3) is 0 Å². The summed E-state index contributed by atoms with van der Waals surface area (Å²) in [6, 6.07) is 0. The third-order valence-electron chi connectivity index (χ3n) is 3.82. The van der Waals surface area contributed by atoms with Gasteiger partial charge >= 0.3 is 0 Å². The van der Waals surface area contributed by atoms with E-state index >= 15 is 0 Å². The number of hydrogen-bond acceptors (Lipinski definition) is 7. The topological polar surface area (TPSA) is 80.2 Å². The Hall–Kier alpha value is -0.280. The number of piperazine rings is 2. The Morgan fingerprint density at radius 3 is 1.76 bits per heavy atom. The van der Waals surface area contributed by atoms with Gasteiger partial charge < -0.3 is 14.9 Å². The summed E-state index contributed by atoms with van der Waals surface area (Å²) in [5.41, 5.74) is 0. The van der Waals surface area contributed by atoms with Crippen LogP contribution in [0.1, 0.15) is 13.8 Å². The lowest BCUT2D eigenvalue weighted by atomic mass is 10.2. The number of β-amino-alcohol motifs (C(OH)–C–C–N with tert-alkyl or cyclic N) is 2. The van der Waals surface area contributed by atoms with Crippen LogP contribution in [0.5, 0.6) is 0 Å². The fraction of sp³-hybridized carbons (Fsp3) is 1.00. The monoisotopic (exact) mass is 302 g/mol. The summed E-state index contributed by atoms with van der Waals surface area (Å²) in [5.74, 6) is 0. The molecule has 2 rings (SSSR count). The summed E-state index contributed by atoms with van der Waals surface area (Å²) in [6.07, 6.45) is -0.640. The Morgan fingerprint density at radius 2 is 1.38 bits per heavy atom. The minimum absolute atomic E-state index is 0.0125. The molecule has 21 heavy (non-hydrogen) atoms. The van der Waals surface area contributed by atoms with E-state index in [2.05, 4.69) is 20.4 Å². The van der Waals surface area contributed by atoms with E-state index in [0.29, 0.717) is 13.1 Å². The van der Waals surface area contributed by atoms with Crippen molar-refractivity contribution < 1.29 is 14.9 Å².